The van der Waals surface area contributed by atoms with Crippen LogP contribution in [0.3, 0.4) is 0 Å². The van der Waals surface area contributed by atoms with Crippen molar-refractivity contribution in [3.8, 4) is 0 Å². The van der Waals surface area contributed by atoms with Gasteiger partial charge in [0.2, 0.25) is 0 Å². The maximum atomic E-state index is 10.0. The third-order valence-corrected chi connectivity index (χ3v) is 6.13. The molecule has 0 bridgehead atoms. The molecule has 0 aromatic rings. The highest BCUT2D eigenvalue weighted by molar-refractivity contribution is 4.91. The molecule has 1 aliphatic rings. The molecule has 1 fully saturated rings. The van der Waals surface area contributed by atoms with Crippen molar-refractivity contribution in [2.75, 3.05) is 66.1 Å². The van der Waals surface area contributed by atoms with E-state index in [1.807, 2.05) is 0 Å². The van der Waals surface area contributed by atoms with Crippen LogP contribution >= 0.6 is 0 Å². The highest BCUT2D eigenvalue weighted by Crippen LogP contribution is 2.25. The molecule has 216 valence electrons. The maximum Gasteiger partial charge on any atom is 0.154 e. The molecule has 0 spiro atoms. The van der Waals surface area contributed by atoms with Crippen molar-refractivity contribution in [1.82, 2.24) is 0 Å². The van der Waals surface area contributed by atoms with Gasteiger partial charge in [-0.2, -0.15) is 0 Å². The second-order valence-electron chi connectivity index (χ2n) is 9.14. The normalized spacial score (nSPS) is 21.8. The summed E-state index contributed by atoms with van der Waals surface area (Å²) in [5, 5.41) is 37.5. The molecule has 0 amide bonds. The van der Waals surface area contributed by atoms with Crippen molar-refractivity contribution < 1.29 is 48.8 Å². The van der Waals surface area contributed by atoms with Crippen LogP contribution in [-0.2, 0) is 28.4 Å². The van der Waals surface area contributed by atoms with E-state index in [-0.39, 0.29) is 66.1 Å². The Bertz CT molecular complexity index is 470. The van der Waals surface area contributed by atoms with E-state index in [1.54, 1.807) is 0 Å². The summed E-state index contributed by atoms with van der Waals surface area (Å²) in [4.78, 5) is 0. The van der Waals surface area contributed by atoms with Crippen LogP contribution in [0.25, 0.3) is 0 Å². The number of ether oxygens (including phenoxy) is 6. The van der Waals surface area contributed by atoms with Gasteiger partial charge in [0.1, 0.15) is 24.4 Å². The van der Waals surface area contributed by atoms with Crippen molar-refractivity contribution in [3.63, 3.8) is 0 Å². The molecule has 1 rings (SSSR count). The van der Waals surface area contributed by atoms with Crippen molar-refractivity contribution in [2.24, 2.45) is 0 Å². The fraction of sp³-hybridized carbons (Fsp3) is 1.00. The zero-order valence-electron chi connectivity index (χ0n) is 22.3. The Morgan fingerprint density at radius 2 is 1.39 bits per heavy atom. The highest BCUT2D eigenvalue weighted by Gasteiger charge is 2.44. The second-order valence-corrected chi connectivity index (χ2v) is 9.14. The molecule has 1 heterocycles. The summed E-state index contributed by atoms with van der Waals surface area (Å²) in [6.07, 6.45) is 8.95. The second kappa shape index (κ2) is 23.7. The van der Waals surface area contributed by atoms with E-state index in [2.05, 4.69) is 6.92 Å². The number of rotatable bonds is 26. The number of aliphatic hydroxyl groups excluding tert-OH is 4. The minimum Gasteiger partial charge on any atom is -0.394 e. The van der Waals surface area contributed by atoms with Crippen molar-refractivity contribution >= 4 is 0 Å². The van der Waals surface area contributed by atoms with Gasteiger partial charge in [-0.15, -0.1) is 0 Å². The Kier molecular flexibility index (Phi) is 22.1. The molecule has 1 saturated heterocycles. The van der Waals surface area contributed by atoms with E-state index >= 15 is 0 Å². The highest BCUT2D eigenvalue weighted by atomic mass is 16.6. The molecule has 10 nitrogen and oxygen atoms in total. The van der Waals surface area contributed by atoms with Crippen LogP contribution in [0, 0.1) is 0 Å². The van der Waals surface area contributed by atoms with Gasteiger partial charge in [-0.05, 0) is 12.8 Å². The van der Waals surface area contributed by atoms with Crippen LogP contribution in [0.5, 0.6) is 0 Å². The monoisotopic (exact) mass is 524 g/mol. The lowest BCUT2D eigenvalue weighted by Crippen LogP contribution is -2.45. The minimum atomic E-state index is -0.793. The van der Waals surface area contributed by atoms with Crippen LogP contribution in [-0.4, -0.2) is 117 Å². The van der Waals surface area contributed by atoms with E-state index in [4.69, 9.17) is 38.6 Å². The quantitative estimate of drug-likeness (QED) is 0.0979. The molecule has 0 aromatic carbocycles. The SMILES string of the molecule is CCCCCCCCCCCC(O)OCCOCC(OCCO)C1OCC(OCCO)C1OCCO. The lowest BCUT2D eigenvalue weighted by molar-refractivity contribution is -0.145. The van der Waals surface area contributed by atoms with Gasteiger partial charge in [0.05, 0.1) is 66.1 Å². The Labute approximate surface area is 217 Å². The fourth-order valence-corrected chi connectivity index (χ4v) is 4.26. The molecule has 1 aliphatic heterocycles. The zero-order chi connectivity index (χ0) is 26.3. The van der Waals surface area contributed by atoms with Crippen LogP contribution in [0.4, 0.5) is 0 Å². The maximum absolute atomic E-state index is 10.0. The first-order valence-electron chi connectivity index (χ1n) is 13.8. The van der Waals surface area contributed by atoms with E-state index in [0.717, 1.165) is 12.8 Å². The van der Waals surface area contributed by atoms with E-state index in [0.29, 0.717) is 6.42 Å². The van der Waals surface area contributed by atoms with Crippen molar-refractivity contribution in [2.45, 2.75) is 102 Å². The van der Waals surface area contributed by atoms with Gasteiger partial charge in [-0.25, -0.2) is 0 Å². The molecule has 5 unspecified atom stereocenters. The Hall–Kier alpha value is -0.400. The van der Waals surface area contributed by atoms with Gasteiger partial charge in [-0.3, -0.25) is 0 Å². The summed E-state index contributed by atoms with van der Waals surface area (Å²) in [7, 11) is 0. The average molecular weight is 525 g/mol. The largest absolute Gasteiger partial charge is 0.394 e. The van der Waals surface area contributed by atoms with Crippen LogP contribution in [0.2, 0.25) is 0 Å². The van der Waals surface area contributed by atoms with Gasteiger partial charge in [0.25, 0.3) is 0 Å². The third-order valence-electron chi connectivity index (χ3n) is 6.13. The smallest absolute Gasteiger partial charge is 0.154 e. The predicted molar refractivity (Wildman–Crippen MR) is 135 cm³/mol. The molecule has 0 radical (unpaired) electrons. The van der Waals surface area contributed by atoms with Gasteiger partial charge in [-0.1, -0.05) is 58.3 Å². The first-order valence-corrected chi connectivity index (χ1v) is 13.8. The molecular formula is C26H52O10. The van der Waals surface area contributed by atoms with E-state index in [9.17, 15) is 10.2 Å². The average Bonchev–Trinajstić information content (AvgIpc) is 3.29. The number of aliphatic hydroxyl groups is 4. The number of unbranched alkanes of at least 4 members (excludes halogenated alkanes) is 8. The summed E-state index contributed by atoms with van der Waals surface area (Å²) in [6.45, 7) is 3.14. The molecule has 0 aliphatic carbocycles. The summed E-state index contributed by atoms with van der Waals surface area (Å²) in [5.74, 6) is 0. The first-order chi connectivity index (χ1) is 17.7. The lowest BCUT2D eigenvalue weighted by Gasteiger charge is -2.29. The van der Waals surface area contributed by atoms with Crippen molar-refractivity contribution in [3.05, 3.63) is 0 Å². The van der Waals surface area contributed by atoms with Gasteiger partial charge >= 0.3 is 0 Å². The predicted octanol–water partition coefficient (Wildman–Crippen LogP) is 1.79. The molecular weight excluding hydrogens is 472 g/mol. The molecule has 0 aromatic heterocycles. The van der Waals surface area contributed by atoms with E-state index in [1.165, 1.54) is 44.9 Å². The minimum absolute atomic E-state index is 0.108. The Morgan fingerprint density at radius 3 is 2.06 bits per heavy atom. The van der Waals surface area contributed by atoms with Crippen LogP contribution in [0.15, 0.2) is 0 Å². The Morgan fingerprint density at radius 1 is 0.750 bits per heavy atom. The molecule has 5 atom stereocenters. The summed E-state index contributed by atoms with van der Waals surface area (Å²) < 4.78 is 34.1. The van der Waals surface area contributed by atoms with Gasteiger partial charge in [0.15, 0.2) is 6.29 Å². The van der Waals surface area contributed by atoms with Gasteiger partial charge in [0, 0.05) is 0 Å². The first kappa shape index (κ1) is 33.6. The van der Waals surface area contributed by atoms with Crippen molar-refractivity contribution in [1.29, 1.82) is 0 Å². The Balaban J connectivity index is 2.26. The van der Waals surface area contributed by atoms with Gasteiger partial charge < -0.3 is 48.8 Å². The number of hydrogen-bond donors (Lipinski definition) is 4. The lowest BCUT2D eigenvalue weighted by atomic mass is 10.1. The van der Waals surface area contributed by atoms with Crippen LogP contribution < -0.4 is 0 Å². The topological polar surface area (TPSA) is 136 Å². The fourth-order valence-electron chi connectivity index (χ4n) is 4.26. The zero-order valence-corrected chi connectivity index (χ0v) is 22.3. The standard InChI is InChI=1S/C26H52O10/c1-2-3-4-5-6-7-8-9-10-11-24(30)34-19-18-31-20-22(32-15-12-27)26-25(35-17-14-29)23(21-36-26)33-16-13-28/h22-30H,2-21H2,1H3. The molecule has 36 heavy (non-hydrogen) atoms. The van der Waals surface area contributed by atoms with E-state index < -0.39 is 30.7 Å². The number of hydrogen-bond acceptors (Lipinski definition) is 10. The van der Waals surface area contributed by atoms with Crippen LogP contribution in [0.1, 0.15) is 71.1 Å². The summed E-state index contributed by atoms with van der Waals surface area (Å²) in [6, 6.07) is 0. The molecule has 0 saturated carbocycles. The summed E-state index contributed by atoms with van der Waals surface area (Å²) in [5.41, 5.74) is 0. The summed E-state index contributed by atoms with van der Waals surface area (Å²) >= 11 is 0. The molecule has 10 heteroatoms. The third kappa shape index (κ3) is 15.8. The molecule has 4 N–H and O–H groups in total.